The lowest BCUT2D eigenvalue weighted by atomic mass is 10.0. The van der Waals surface area contributed by atoms with Crippen molar-refractivity contribution in [2.75, 3.05) is 24.5 Å². The maximum absolute atomic E-state index is 13.5. The molecule has 0 bridgehead atoms. The minimum Gasteiger partial charge on any atom is -0.367 e. The third kappa shape index (κ3) is 3.89. The average Bonchev–Trinajstić information content (AvgIpc) is 2.83. The smallest absolute Gasteiger partial charge is 0.123 e. The lowest BCUT2D eigenvalue weighted by Crippen LogP contribution is -2.55. The zero-order chi connectivity index (χ0) is 22.1. The van der Waals surface area contributed by atoms with Gasteiger partial charge < -0.3 is 10.6 Å². The molecular formula is C25H21FN6. The number of nitriles is 1. The molecule has 1 aliphatic rings. The number of fused-ring (bicyclic) bond motifs is 1. The van der Waals surface area contributed by atoms with Gasteiger partial charge in [0.15, 0.2) is 0 Å². The van der Waals surface area contributed by atoms with E-state index < -0.39 is 0 Å². The van der Waals surface area contributed by atoms with E-state index >= 15 is 0 Å². The summed E-state index contributed by atoms with van der Waals surface area (Å²) in [5.41, 5.74) is 12.2. The molecule has 1 aliphatic heterocycles. The lowest BCUT2D eigenvalue weighted by Gasteiger charge is -2.33. The molecule has 5 rings (SSSR count). The summed E-state index contributed by atoms with van der Waals surface area (Å²) in [7, 11) is 0. The van der Waals surface area contributed by atoms with E-state index in [0.29, 0.717) is 17.0 Å². The summed E-state index contributed by atoms with van der Waals surface area (Å²) in [6.45, 7) is 2.41. The molecule has 6 nitrogen and oxygen atoms in total. The molecular weight excluding hydrogens is 403 g/mol. The standard InChI is InChI=1S/C25H21FN6/c26-19-7-5-18(6-8-19)24-25(17-3-1-16(14-27)2-4-17)31-22-13-20(9-10-21(22)30-24)32-12-11-29-23(28)15-32/h1-10,13,23,29H,11-12,15,28H2. The fourth-order valence-corrected chi connectivity index (χ4v) is 3.97. The minimum atomic E-state index is -0.304. The van der Waals surface area contributed by atoms with Crippen LogP contribution in [0.2, 0.25) is 0 Å². The van der Waals surface area contributed by atoms with E-state index in [2.05, 4.69) is 16.3 Å². The molecule has 1 saturated heterocycles. The molecule has 4 aromatic rings. The number of benzene rings is 3. The molecule has 1 atom stereocenters. The Morgan fingerprint density at radius 2 is 1.59 bits per heavy atom. The zero-order valence-electron chi connectivity index (χ0n) is 17.3. The maximum Gasteiger partial charge on any atom is 0.123 e. The predicted molar refractivity (Wildman–Crippen MR) is 123 cm³/mol. The van der Waals surface area contributed by atoms with Crippen LogP contribution in [0.1, 0.15) is 5.56 Å². The van der Waals surface area contributed by atoms with Gasteiger partial charge >= 0.3 is 0 Å². The topological polar surface area (TPSA) is 90.9 Å². The molecule has 2 heterocycles. The first-order valence-electron chi connectivity index (χ1n) is 10.4. The monoisotopic (exact) mass is 424 g/mol. The van der Waals surface area contributed by atoms with Gasteiger partial charge in [-0.2, -0.15) is 5.26 Å². The van der Waals surface area contributed by atoms with Crippen LogP contribution in [0.4, 0.5) is 10.1 Å². The van der Waals surface area contributed by atoms with Crippen LogP contribution < -0.4 is 16.0 Å². The summed E-state index contributed by atoms with van der Waals surface area (Å²) in [6, 6.07) is 21.6. The van der Waals surface area contributed by atoms with Gasteiger partial charge in [0.25, 0.3) is 0 Å². The first kappa shape index (κ1) is 20.1. The van der Waals surface area contributed by atoms with E-state index in [1.807, 2.05) is 30.3 Å². The van der Waals surface area contributed by atoms with E-state index in [1.165, 1.54) is 12.1 Å². The number of piperazine rings is 1. The number of nitrogens with two attached hydrogens (primary N) is 1. The maximum atomic E-state index is 13.5. The lowest BCUT2D eigenvalue weighted by molar-refractivity contribution is 0.469. The van der Waals surface area contributed by atoms with Crippen LogP contribution in [-0.4, -0.2) is 35.8 Å². The fraction of sp³-hybridized carbons (Fsp3) is 0.160. The Kier molecular flexibility index (Phi) is 5.23. The zero-order valence-corrected chi connectivity index (χ0v) is 17.3. The molecule has 0 radical (unpaired) electrons. The molecule has 0 aliphatic carbocycles. The van der Waals surface area contributed by atoms with Gasteiger partial charge in [0.2, 0.25) is 0 Å². The number of nitrogens with zero attached hydrogens (tertiary/aromatic N) is 4. The Labute approximate surface area is 185 Å². The molecule has 1 fully saturated rings. The van der Waals surface area contributed by atoms with E-state index in [1.54, 1.807) is 24.3 Å². The largest absolute Gasteiger partial charge is 0.367 e. The molecule has 1 aromatic heterocycles. The second-order valence-corrected chi connectivity index (χ2v) is 7.80. The summed E-state index contributed by atoms with van der Waals surface area (Å²) in [4.78, 5) is 12.1. The molecule has 158 valence electrons. The number of hydrogen-bond donors (Lipinski definition) is 2. The molecule has 1 unspecified atom stereocenters. The van der Waals surface area contributed by atoms with Crippen LogP contribution in [0.25, 0.3) is 33.5 Å². The van der Waals surface area contributed by atoms with Crippen LogP contribution in [0.3, 0.4) is 0 Å². The minimum absolute atomic E-state index is 0.0689. The average molecular weight is 424 g/mol. The SMILES string of the molecule is N#Cc1ccc(-c2nc3cc(N4CCNC(N)C4)ccc3nc2-c2ccc(F)cc2)cc1. The summed E-state index contributed by atoms with van der Waals surface area (Å²) in [5, 5.41) is 12.4. The Hall–Kier alpha value is -3.86. The van der Waals surface area contributed by atoms with Gasteiger partial charge in [0, 0.05) is 36.4 Å². The Balaban J connectivity index is 1.66. The van der Waals surface area contributed by atoms with Crippen molar-refractivity contribution in [3.63, 3.8) is 0 Å². The van der Waals surface area contributed by atoms with Crippen molar-refractivity contribution in [1.29, 1.82) is 5.26 Å². The highest BCUT2D eigenvalue weighted by molar-refractivity contribution is 5.88. The van der Waals surface area contributed by atoms with Crippen LogP contribution in [-0.2, 0) is 0 Å². The van der Waals surface area contributed by atoms with Crippen molar-refractivity contribution in [3.05, 3.63) is 78.1 Å². The van der Waals surface area contributed by atoms with Gasteiger partial charge in [-0.3, -0.25) is 5.32 Å². The van der Waals surface area contributed by atoms with Crippen molar-refractivity contribution in [2.45, 2.75) is 6.17 Å². The van der Waals surface area contributed by atoms with E-state index in [9.17, 15) is 4.39 Å². The van der Waals surface area contributed by atoms with Gasteiger partial charge in [0.05, 0.1) is 40.2 Å². The molecule has 3 N–H and O–H groups in total. The van der Waals surface area contributed by atoms with Crippen LogP contribution in [0.5, 0.6) is 0 Å². The molecule has 3 aromatic carbocycles. The van der Waals surface area contributed by atoms with E-state index in [-0.39, 0.29) is 12.0 Å². The predicted octanol–water partition coefficient (Wildman–Crippen LogP) is 3.67. The molecule has 0 amide bonds. The number of anilines is 1. The summed E-state index contributed by atoms with van der Waals surface area (Å²) in [5.74, 6) is -0.304. The van der Waals surface area contributed by atoms with Crippen molar-refractivity contribution < 1.29 is 4.39 Å². The molecule has 0 spiro atoms. The third-order valence-electron chi connectivity index (χ3n) is 5.62. The second kappa shape index (κ2) is 8.35. The van der Waals surface area contributed by atoms with Crippen molar-refractivity contribution in [2.24, 2.45) is 5.73 Å². The summed E-state index contributed by atoms with van der Waals surface area (Å²) >= 11 is 0. The Morgan fingerprint density at radius 1 is 0.938 bits per heavy atom. The highest BCUT2D eigenvalue weighted by Crippen LogP contribution is 2.32. The first-order chi connectivity index (χ1) is 15.6. The van der Waals surface area contributed by atoms with Crippen LogP contribution >= 0.6 is 0 Å². The van der Waals surface area contributed by atoms with E-state index in [4.69, 9.17) is 21.0 Å². The van der Waals surface area contributed by atoms with E-state index in [0.717, 1.165) is 47.5 Å². The number of rotatable bonds is 3. The van der Waals surface area contributed by atoms with Gasteiger partial charge in [-0.15, -0.1) is 0 Å². The van der Waals surface area contributed by atoms with Crippen molar-refractivity contribution in [1.82, 2.24) is 15.3 Å². The first-order valence-corrected chi connectivity index (χ1v) is 10.4. The van der Waals surface area contributed by atoms with Crippen LogP contribution in [0, 0.1) is 17.1 Å². The van der Waals surface area contributed by atoms with Crippen molar-refractivity contribution in [3.8, 4) is 28.6 Å². The second-order valence-electron chi connectivity index (χ2n) is 7.80. The number of nitrogens with one attached hydrogen (secondary N) is 1. The van der Waals surface area contributed by atoms with Gasteiger partial charge in [0.1, 0.15) is 5.82 Å². The third-order valence-corrected chi connectivity index (χ3v) is 5.62. The Bertz CT molecular complexity index is 1310. The Morgan fingerprint density at radius 3 is 2.25 bits per heavy atom. The fourth-order valence-electron chi connectivity index (χ4n) is 3.97. The van der Waals surface area contributed by atoms with Gasteiger partial charge in [-0.1, -0.05) is 12.1 Å². The highest BCUT2D eigenvalue weighted by Gasteiger charge is 2.18. The molecule has 32 heavy (non-hydrogen) atoms. The van der Waals surface area contributed by atoms with Crippen molar-refractivity contribution >= 4 is 16.7 Å². The summed E-state index contributed by atoms with van der Waals surface area (Å²) in [6.07, 6.45) is -0.0689. The quantitative estimate of drug-likeness (QED) is 0.522. The molecule has 0 saturated carbocycles. The summed E-state index contributed by atoms with van der Waals surface area (Å²) < 4.78 is 13.5. The number of halogens is 1. The van der Waals surface area contributed by atoms with Gasteiger partial charge in [-0.25, -0.2) is 14.4 Å². The number of aromatic nitrogens is 2. The van der Waals surface area contributed by atoms with Gasteiger partial charge in [-0.05, 0) is 54.6 Å². The normalized spacial score (nSPS) is 16.2. The number of hydrogen-bond acceptors (Lipinski definition) is 6. The van der Waals surface area contributed by atoms with Crippen LogP contribution in [0.15, 0.2) is 66.7 Å². The highest BCUT2D eigenvalue weighted by atomic mass is 19.1. The molecule has 7 heteroatoms.